The van der Waals surface area contributed by atoms with Crippen LogP contribution in [0.2, 0.25) is 0 Å². The summed E-state index contributed by atoms with van der Waals surface area (Å²) in [6.07, 6.45) is 4.47. The van der Waals surface area contributed by atoms with E-state index in [1.807, 2.05) is 0 Å². The molecule has 0 saturated heterocycles. The van der Waals surface area contributed by atoms with Gasteiger partial charge in [-0.2, -0.15) is 0 Å². The van der Waals surface area contributed by atoms with Crippen LogP contribution >= 0.6 is 11.8 Å². The van der Waals surface area contributed by atoms with Crippen LogP contribution in [0.15, 0.2) is 21.6 Å². The van der Waals surface area contributed by atoms with Crippen molar-refractivity contribution in [1.29, 1.82) is 0 Å². The zero-order valence-corrected chi connectivity index (χ0v) is 10.7. The smallest absolute Gasteiger partial charge is 0.371 e. The lowest BCUT2D eigenvalue weighted by Crippen LogP contribution is -2.33. The highest BCUT2D eigenvalue weighted by atomic mass is 32.2. The molecular weight excluding hydrogens is 254 g/mol. The van der Waals surface area contributed by atoms with E-state index in [1.54, 1.807) is 6.07 Å². The average Bonchev–Trinajstić information content (AvgIpc) is 2.96. The molecule has 1 aliphatic carbocycles. The van der Waals surface area contributed by atoms with Crippen LogP contribution < -0.4 is 5.32 Å². The molecule has 1 saturated carbocycles. The van der Waals surface area contributed by atoms with Gasteiger partial charge in [0.25, 0.3) is 0 Å². The van der Waals surface area contributed by atoms with E-state index < -0.39 is 5.97 Å². The van der Waals surface area contributed by atoms with Crippen LogP contribution in [0.3, 0.4) is 0 Å². The predicted octanol–water partition coefficient (Wildman–Crippen LogP) is 2.13. The lowest BCUT2D eigenvalue weighted by molar-refractivity contribution is -0.119. The molecule has 0 bridgehead atoms. The van der Waals surface area contributed by atoms with Crippen molar-refractivity contribution in [2.24, 2.45) is 0 Å². The fourth-order valence-corrected chi connectivity index (χ4v) is 2.66. The Labute approximate surface area is 109 Å². The molecular formula is C12H15NO4S. The number of furan rings is 1. The average molecular weight is 269 g/mol. The molecule has 0 unspecified atom stereocenters. The quantitative estimate of drug-likeness (QED) is 0.800. The Kier molecular flexibility index (Phi) is 4.30. The van der Waals surface area contributed by atoms with Crippen LogP contribution in [0.4, 0.5) is 0 Å². The monoisotopic (exact) mass is 269 g/mol. The second-order valence-electron chi connectivity index (χ2n) is 4.26. The molecule has 0 radical (unpaired) electrons. The second kappa shape index (κ2) is 5.95. The number of thioether (sulfide) groups is 1. The van der Waals surface area contributed by atoms with Gasteiger partial charge in [-0.25, -0.2) is 4.79 Å². The zero-order valence-electron chi connectivity index (χ0n) is 9.85. The van der Waals surface area contributed by atoms with Crippen molar-refractivity contribution in [1.82, 2.24) is 5.32 Å². The maximum Gasteiger partial charge on any atom is 0.371 e. The molecule has 5 nitrogen and oxygen atoms in total. The van der Waals surface area contributed by atoms with Gasteiger partial charge in [0.05, 0.1) is 5.75 Å². The zero-order chi connectivity index (χ0) is 13.0. The van der Waals surface area contributed by atoms with Crippen LogP contribution in [0, 0.1) is 0 Å². The van der Waals surface area contributed by atoms with Gasteiger partial charge in [0.2, 0.25) is 11.7 Å². The molecule has 6 heteroatoms. The Balaban J connectivity index is 1.76. The van der Waals surface area contributed by atoms with Crippen molar-refractivity contribution in [3.63, 3.8) is 0 Å². The number of rotatable bonds is 5. The first kappa shape index (κ1) is 13.0. The summed E-state index contributed by atoms with van der Waals surface area (Å²) in [5.74, 6) is -0.977. The van der Waals surface area contributed by atoms with Crippen LogP contribution in [-0.2, 0) is 4.79 Å². The van der Waals surface area contributed by atoms with E-state index in [0.29, 0.717) is 11.1 Å². The molecule has 1 heterocycles. The van der Waals surface area contributed by atoms with Crippen LogP contribution in [0.25, 0.3) is 0 Å². The molecule has 1 aliphatic rings. The van der Waals surface area contributed by atoms with Crippen molar-refractivity contribution in [3.8, 4) is 0 Å². The minimum atomic E-state index is -1.10. The maximum absolute atomic E-state index is 11.6. The molecule has 1 aromatic rings. The van der Waals surface area contributed by atoms with Gasteiger partial charge in [0.15, 0.2) is 5.09 Å². The highest BCUT2D eigenvalue weighted by molar-refractivity contribution is 7.99. The second-order valence-corrected chi connectivity index (χ2v) is 5.24. The first-order valence-electron chi connectivity index (χ1n) is 5.90. The summed E-state index contributed by atoms with van der Waals surface area (Å²) in [5, 5.41) is 12.1. The molecule has 0 aromatic carbocycles. The van der Waals surface area contributed by atoms with E-state index in [-0.39, 0.29) is 17.4 Å². The first-order chi connectivity index (χ1) is 8.65. The molecule has 1 fully saturated rings. The molecule has 2 rings (SSSR count). The molecule has 1 aromatic heterocycles. The van der Waals surface area contributed by atoms with E-state index in [9.17, 15) is 9.59 Å². The molecule has 0 atom stereocenters. The number of carboxylic acids is 1. The van der Waals surface area contributed by atoms with Gasteiger partial charge in [-0.1, -0.05) is 24.6 Å². The van der Waals surface area contributed by atoms with E-state index >= 15 is 0 Å². The standard InChI is InChI=1S/C12H15NO4S/c14-10(13-8-3-1-2-4-8)7-18-11-6-5-9(17-11)12(15)16/h5-6,8H,1-4,7H2,(H,13,14)(H,15,16). The van der Waals surface area contributed by atoms with Crippen LogP contribution in [0.5, 0.6) is 0 Å². The van der Waals surface area contributed by atoms with E-state index in [1.165, 1.54) is 30.7 Å². The number of carbonyl (C=O) groups is 2. The van der Waals surface area contributed by atoms with Crippen molar-refractivity contribution < 1.29 is 19.1 Å². The van der Waals surface area contributed by atoms with Gasteiger partial charge in [0.1, 0.15) is 0 Å². The Bertz CT molecular complexity index is 437. The Morgan fingerprint density at radius 2 is 2.11 bits per heavy atom. The normalized spacial score (nSPS) is 15.8. The van der Waals surface area contributed by atoms with Gasteiger partial charge in [0, 0.05) is 6.04 Å². The molecule has 0 aliphatic heterocycles. The summed E-state index contributed by atoms with van der Waals surface area (Å²) in [7, 11) is 0. The van der Waals surface area contributed by atoms with Gasteiger partial charge in [-0.3, -0.25) is 4.79 Å². The fourth-order valence-electron chi connectivity index (χ4n) is 1.99. The lowest BCUT2D eigenvalue weighted by Gasteiger charge is -2.10. The number of nitrogens with one attached hydrogen (secondary N) is 1. The van der Waals surface area contributed by atoms with Gasteiger partial charge in [-0.05, 0) is 25.0 Å². The van der Waals surface area contributed by atoms with E-state index in [2.05, 4.69) is 5.32 Å². The van der Waals surface area contributed by atoms with Gasteiger partial charge < -0.3 is 14.8 Å². The van der Waals surface area contributed by atoms with Crippen LogP contribution in [0.1, 0.15) is 36.2 Å². The topological polar surface area (TPSA) is 79.5 Å². The lowest BCUT2D eigenvalue weighted by atomic mass is 10.2. The molecule has 1 amide bonds. The molecule has 0 spiro atoms. The third kappa shape index (κ3) is 3.53. The molecule has 98 valence electrons. The summed E-state index contributed by atoms with van der Waals surface area (Å²) >= 11 is 1.21. The highest BCUT2D eigenvalue weighted by Crippen LogP contribution is 2.22. The predicted molar refractivity (Wildman–Crippen MR) is 66.8 cm³/mol. The maximum atomic E-state index is 11.6. The summed E-state index contributed by atoms with van der Waals surface area (Å²) in [4.78, 5) is 22.2. The molecule has 18 heavy (non-hydrogen) atoms. The summed E-state index contributed by atoms with van der Waals surface area (Å²) in [6, 6.07) is 3.26. The van der Waals surface area contributed by atoms with E-state index in [4.69, 9.17) is 9.52 Å². The number of hydrogen-bond acceptors (Lipinski definition) is 4. The number of hydrogen-bond donors (Lipinski definition) is 2. The minimum Gasteiger partial charge on any atom is -0.475 e. The summed E-state index contributed by atoms with van der Waals surface area (Å²) < 4.78 is 5.05. The van der Waals surface area contributed by atoms with Gasteiger partial charge in [-0.15, -0.1) is 0 Å². The fraction of sp³-hybridized carbons (Fsp3) is 0.500. The summed E-state index contributed by atoms with van der Waals surface area (Å²) in [6.45, 7) is 0. The van der Waals surface area contributed by atoms with Gasteiger partial charge >= 0.3 is 5.97 Å². The highest BCUT2D eigenvalue weighted by Gasteiger charge is 2.17. The van der Waals surface area contributed by atoms with Crippen molar-refractivity contribution in [2.75, 3.05) is 5.75 Å². The number of aromatic carboxylic acids is 1. The SMILES string of the molecule is O=C(CSc1ccc(C(=O)O)o1)NC1CCCC1. The van der Waals surface area contributed by atoms with E-state index in [0.717, 1.165) is 12.8 Å². The Morgan fingerprint density at radius 3 is 2.72 bits per heavy atom. The third-order valence-corrected chi connectivity index (χ3v) is 3.77. The largest absolute Gasteiger partial charge is 0.475 e. The number of carboxylic acid groups (broad SMARTS) is 1. The Morgan fingerprint density at radius 1 is 1.39 bits per heavy atom. The minimum absolute atomic E-state index is 0.0276. The Hall–Kier alpha value is -1.43. The number of carbonyl (C=O) groups excluding carboxylic acids is 1. The molecule has 2 N–H and O–H groups in total. The van der Waals surface area contributed by atoms with Crippen molar-refractivity contribution in [2.45, 2.75) is 36.8 Å². The number of amides is 1. The third-order valence-electron chi connectivity index (χ3n) is 2.86. The van der Waals surface area contributed by atoms with Crippen LogP contribution in [-0.4, -0.2) is 28.8 Å². The van der Waals surface area contributed by atoms with Crippen molar-refractivity contribution >= 4 is 23.6 Å². The van der Waals surface area contributed by atoms with Crippen molar-refractivity contribution in [3.05, 3.63) is 17.9 Å². The first-order valence-corrected chi connectivity index (χ1v) is 6.89. The summed E-state index contributed by atoms with van der Waals surface area (Å²) in [5.41, 5.74) is 0.